The maximum atomic E-state index is 12.1. The lowest BCUT2D eigenvalue weighted by Gasteiger charge is -2.58. The van der Waals surface area contributed by atoms with E-state index >= 15 is 0 Å². The van der Waals surface area contributed by atoms with E-state index in [-0.39, 0.29) is 78.3 Å². The average molecular weight is 485 g/mol. The third-order valence-electron chi connectivity index (χ3n) is 8.45. The van der Waals surface area contributed by atoms with E-state index in [0.717, 1.165) is 43.4 Å². The van der Waals surface area contributed by atoms with Gasteiger partial charge in [0.1, 0.15) is 5.78 Å². The normalized spacial score (nSPS) is 40.2. The zero-order valence-corrected chi connectivity index (χ0v) is 22.4. The summed E-state index contributed by atoms with van der Waals surface area (Å²) in [5.41, 5.74) is 1.95. The third-order valence-corrected chi connectivity index (χ3v) is 8.45. The molecule has 0 aromatic rings. The van der Waals surface area contributed by atoms with Crippen molar-refractivity contribution in [2.75, 3.05) is 0 Å². The summed E-state index contributed by atoms with van der Waals surface area (Å²) >= 11 is 0. The van der Waals surface area contributed by atoms with Crippen molar-refractivity contribution >= 4 is 79.0 Å². The molecular formula is C21H40O2S5. The fourth-order valence-corrected chi connectivity index (χ4v) is 7.23. The molecule has 7 heteroatoms. The molecule has 4 aliphatic rings. The van der Waals surface area contributed by atoms with Crippen molar-refractivity contribution in [3.05, 3.63) is 11.6 Å². The maximum Gasteiger partial charge on any atom is 0.155 e. The van der Waals surface area contributed by atoms with Gasteiger partial charge < -0.3 is 0 Å². The van der Waals surface area contributed by atoms with Crippen LogP contribution in [0, 0.1) is 34.5 Å². The van der Waals surface area contributed by atoms with Crippen molar-refractivity contribution in [2.24, 2.45) is 34.5 Å². The molecule has 0 aromatic heterocycles. The Balaban J connectivity index is 0. The molecule has 0 aliphatic heterocycles. The second-order valence-electron chi connectivity index (χ2n) is 9.25. The first-order chi connectivity index (χ1) is 10.9. The molecule has 3 saturated carbocycles. The van der Waals surface area contributed by atoms with E-state index in [1.54, 1.807) is 6.92 Å². The number of ketones is 2. The van der Waals surface area contributed by atoms with E-state index in [1.165, 1.54) is 31.3 Å². The number of carbonyl (C=O) groups is 2. The molecule has 0 radical (unpaired) electrons. The van der Waals surface area contributed by atoms with Crippen LogP contribution < -0.4 is 0 Å². The minimum Gasteiger partial charge on any atom is -0.300 e. The molecule has 6 atom stereocenters. The van der Waals surface area contributed by atoms with Gasteiger partial charge in [0.15, 0.2) is 5.78 Å². The van der Waals surface area contributed by atoms with Crippen LogP contribution in [0.5, 0.6) is 0 Å². The predicted octanol–water partition coefficient (Wildman–Crippen LogP) is 5.29. The van der Waals surface area contributed by atoms with Gasteiger partial charge in [0.05, 0.1) is 0 Å². The van der Waals surface area contributed by atoms with E-state index < -0.39 is 0 Å². The molecule has 4 aliphatic carbocycles. The highest BCUT2D eigenvalue weighted by Gasteiger charge is 2.59. The average Bonchev–Trinajstić information content (AvgIpc) is 2.85. The highest BCUT2D eigenvalue weighted by molar-refractivity contribution is 7.60. The first-order valence-corrected chi connectivity index (χ1v) is 9.60. The fourth-order valence-electron chi connectivity index (χ4n) is 7.23. The SMILES string of the molecule is CC(=O)[C@H]1CCC2[C@@H]3CCC4=CC(=O)CC[C@]4(C)C3CC[C@@]21C.S.S.S.S.S. The van der Waals surface area contributed by atoms with Crippen molar-refractivity contribution in [3.8, 4) is 0 Å². The molecule has 0 bridgehead atoms. The van der Waals surface area contributed by atoms with Crippen molar-refractivity contribution < 1.29 is 9.59 Å². The van der Waals surface area contributed by atoms with Crippen LogP contribution in [0.3, 0.4) is 0 Å². The summed E-state index contributed by atoms with van der Waals surface area (Å²) in [6.45, 7) is 6.65. The summed E-state index contributed by atoms with van der Waals surface area (Å²) in [6.07, 6.45) is 10.9. The first-order valence-electron chi connectivity index (χ1n) is 9.60. The van der Waals surface area contributed by atoms with Crippen LogP contribution >= 0.6 is 67.5 Å². The van der Waals surface area contributed by atoms with Gasteiger partial charge in [-0.05, 0) is 86.5 Å². The predicted molar refractivity (Wildman–Crippen MR) is 143 cm³/mol. The number of fused-ring (bicyclic) bond motifs is 5. The smallest absolute Gasteiger partial charge is 0.155 e. The molecule has 0 N–H and O–H groups in total. The lowest BCUT2D eigenvalue weighted by atomic mass is 9.47. The number of allylic oxidation sites excluding steroid dienone is 1. The summed E-state index contributed by atoms with van der Waals surface area (Å²) in [7, 11) is 0. The Kier molecular flexibility index (Phi) is 12.1. The quantitative estimate of drug-likeness (QED) is 0.507. The number of hydrogen-bond acceptors (Lipinski definition) is 2. The van der Waals surface area contributed by atoms with Gasteiger partial charge in [-0.25, -0.2) is 0 Å². The number of rotatable bonds is 1. The molecule has 0 aromatic carbocycles. The highest BCUT2D eigenvalue weighted by Crippen LogP contribution is 2.66. The number of hydrogen-bond donors (Lipinski definition) is 0. The van der Waals surface area contributed by atoms with Crippen LogP contribution in [-0.2, 0) is 9.59 Å². The molecule has 2 unspecified atom stereocenters. The van der Waals surface area contributed by atoms with Gasteiger partial charge in [0.25, 0.3) is 0 Å². The Morgan fingerprint density at radius 1 is 0.893 bits per heavy atom. The molecule has 4 rings (SSSR count). The van der Waals surface area contributed by atoms with Crippen molar-refractivity contribution in [2.45, 2.75) is 72.1 Å². The first kappa shape index (κ1) is 31.0. The Hall–Kier alpha value is 0.830. The Bertz CT molecular complexity index is 608. The lowest BCUT2D eigenvalue weighted by molar-refractivity contribution is -0.128. The van der Waals surface area contributed by atoms with Crippen LogP contribution in [0.25, 0.3) is 0 Å². The van der Waals surface area contributed by atoms with Gasteiger partial charge >= 0.3 is 0 Å². The fraction of sp³-hybridized carbons (Fsp3) is 0.810. The molecule has 166 valence electrons. The molecule has 3 fully saturated rings. The van der Waals surface area contributed by atoms with Crippen LogP contribution in [0.4, 0.5) is 0 Å². The zero-order valence-electron chi connectivity index (χ0n) is 17.4. The van der Waals surface area contributed by atoms with Gasteiger partial charge in [0, 0.05) is 12.3 Å². The lowest BCUT2D eigenvalue weighted by Crippen LogP contribution is -2.51. The van der Waals surface area contributed by atoms with Gasteiger partial charge in [0.2, 0.25) is 0 Å². The topological polar surface area (TPSA) is 34.1 Å². The van der Waals surface area contributed by atoms with Crippen LogP contribution in [0.2, 0.25) is 0 Å². The molecule has 0 saturated heterocycles. The van der Waals surface area contributed by atoms with E-state index in [2.05, 4.69) is 13.8 Å². The number of Topliss-reactive ketones (excluding diaryl/α,β-unsaturated/α-hetero) is 1. The van der Waals surface area contributed by atoms with Gasteiger partial charge in [-0.1, -0.05) is 19.4 Å². The molecule has 28 heavy (non-hydrogen) atoms. The van der Waals surface area contributed by atoms with Gasteiger partial charge in [-0.3, -0.25) is 9.59 Å². The molecule has 0 spiro atoms. The van der Waals surface area contributed by atoms with E-state index in [9.17, 15) is 9.59 Å². The highest BCUT2D eigenvalue weighted by atomic mass is 32.1. The Morgan fingerprint density at radius 3 is 2.14 bits per heavy atom. The van der Waals surface area contributed by atoms with Crippen LogP contribution in [0.15, 0.2) is 11.6 Å². The molecule has 0 amide bonds. The standard InChI is InChI=1S/C21H30O2.5H2S/c1-13(22)17-6-7-18-16-5-4-14-12-15(23)8-10-20(14,2)19(16)9-11-21(17,18)3;;;;;/h12,16-19H,4-11H2,1-3H3;5*1H2/t16-,17+,18?,19?,20-,21+;;;;;/m0...../s1. The van der Waals surface area contributed by atoms with Crippen molar-refractivity contribution in [3.63, 3.8) is 0 Å². The van der Waals surface area contributed by atoms with Gasteiger partial charge in [-0.2, -0.15) is 67.5 Å². The number of carbonyl (C=O) groups excluding carboxylic acids is 2. The second kappa shape index (κ2) is 10.9. The zero-order chi connectivity index (χ0) is 16.4. The minimum atomic E-state index is 0. The van der Waals surface area contributed by atoms with Crippen LogP contribution in [0.1, 0.15) is 72.1 Å². The summed E-state index contributed by atoms with van der Waals surface area (Å²) in [6, 6.07) is 0. The monoisotopic (exact) mass is 484 g/mol. The Morgan fingerprint density at radius 2 is 1.54 bits per heavy atom. The van der Waals surface area contributed by atoms with E-state index in [4.69, 9.17) is 0 Å². The Labute approximate surface area is 206 Å². The van der Waals surface area contributed by atoms with E-state index in [1.807, 2.05) is 6.08 Å². The minimum absolute atomic E-state index is 0. The van der Waals surface area contributed by atoms with Gasteiger partial charge in [-0.15, -0.1) is 0 Å². The van der Waals surface area contributed by atoms with Crippen molar-refractivity contribution in [1.29, 1.82) is 0 Å². The molecule has 0 heterocycles. The van der Waals surface area contributed by atoms with Crippen molar-refractivity contribution in [1.82, 2.24) is 0 Å². The maximum absolute atomic E-state index is 12.1. The summed E-state index contributed by atoms with van der Waals surface area (Å²) < 4.78 is 0. The molecular weight excluding hydrogens is 445 g/mol. The summed E-state index contributed by atoms with van der Waals surface area (Å²) in [5, 5.41) is 0. The molecule has 2 nitrogen and oxygen atoms in total. The third kappa shape index (κ3) is 4.53. The second-order valence-corrected chi connectivity index (χ2v) is 9.25. The van der Waals surface area contributed by atoms with Crippen LogP contribution in [-0.4, -0.2) is 11.6 Å². The summed E-state index contributed by atoms with van der Waals surface area (Å²) in [5.74, 6) is 3.29. The largest absolute Gasteiger partial charge is 0.300 e. The summed E-state index contributed by atoms with van der Waals surface area (Å²) in [4.78, 5) is 24.0. The van der Waals surface area contributed by atoms with E-state index in [0.29, 0.717) is 17.5 Å².